The number of carbonyl (C=O) groups excluding carboxylic acids is 1. The Hall–Kier alpha value is -0.410. The molecule has 1 spiro atoms. The predicted molar refractivity (Wildman–Crippen MR) is 56.3 cm³/mol. The van der Waals surface area contributed by atoms with Crippen LogP contribution in [0.1, 0.15) is 38.5 Å². The lowest BCUT2D eigenvalue weighted by Crippen LogP contribution is -2.31. The van der Waals surface area contributed by atoms with E-state index in [2.05, 4.69) is 0 Å². The van der Waals surface area contributed by atoms with Crippen molar-refractivity contribution in [2.24, 2.45) is 17.3 Å². The fourth-order valence-corrected chi connectivity index (χ4v) is 3.65. The molecule has 0 heterocycles. The number of hydrogen-bond acceptors (Lipinski definition) is 3. The van der Waals surface area contributed by atoms with E-state index in [1.807, 2.05) is 0 Å². The van der Waals surface area contributed by atoms with Gasteiger partial charge in [-0.3, -0.25) is 4.79 Å². The third-order valence-electron chi connectivity index (χ3n) is 4.41. The van der Waals surface area contributed by atoms with Crippen molar-refractivity contribution in [3.05, 3.63) is 0 Å². The minimum atomic E-state index is -0.171. The molecule has 2 aliphatic carbocycles. The third-order valence-corrected chi connectivity index (χ3v) is 4.41. The van der Waals surface area contributed by atoms with E-state index in [0.717, 1.165) is 38.5 Å². The van der Waals surface area contributed by atoms with Crippen LogP contribution >= 0.6 is 0 Å². The normalized spacial score (nSPS) is 34.1. The van der Waals surface area contributed by atoms with E-state index in [1.165, 1.54) is 0 Å². The summed E-state index contributed by atoms with van der Waals surface area (Å²) in [7, 11) is 0. The van der Waals surface area contributed by atoms with Crippen LogP contribution in [-0.2, 0) is 4.79 Å². The molecule has 0 aromatic rings. The largest absolute Gasteiger partial charge is 0.396 e. The average molecular weight is 212 g/mol. The Kier molecular flexibility index (Phi) is 3.12. The van der Waals surface area contributed by atoms with Crippen LogP contribution in [0.4, 0.5) is 0 Å². The van der Waals surface area contributed by atoms with Crippen molar-refractivity contribution >= 4 is 5.78 Å². The van der Waals surface area contributed by atoms with Crippen molar-refractivity contribution in [2.45, 2.75) is 38.5 Å². The van der Waals surface area contributed by atoms with Crippen LogP contribution in [0.3, 0.4) is 0 Å². The quantitative estimate of drug-likeness (QED) is 0.737. The molecule has 0 aliphatic heterocycles. The molecule has 3 heteroatoms. The van der Waals surface area contributed by atoms with Gasteiger partial charge in [0, 0.05) is 17.9 Å². The van der Waals surface area contributed by atoms with Crippen molar-refractivity contribution in [1.82, 2.24) is 0 Å². The maximum Gasteiger partial charge on any atom is 0.144 e. The number of Topliss-reactive ketones (excluding diaryl/α,β-unsaturated/α-hetero) is 1. The maximum absolute atomic E-state index is 12.2. The number of ketones is 1. The monoisotopic (exact) mass is 212 g/mol. The van der Waals surface area contributed by atoms with Gasteiger partial charge in [-0.05, 0) is 31.6 Å². The minimum absolute atomic E-state index is 0.0114. The van der Waals surface area contributed by atoms with E-state index in [9.17, 15) is 9.90 Å². The van der Waals surface area contributed by atoms with Gasteiger partial charge in [0.25, 0.3) is 0 Å². The van der Waals surface area contributed by atoms with Crippen molar-refractivity contribution < 1.29 is 15.0 Å². The first-order chi connectivity index (χ1) is 7.24. The van der Waals surface area contributed by atoms with Crippen molar-refractivity contribution in [3.8, 4) is 0 Å². The molecular formula is C12H20O3. The van der Waals surface area contributed by atoms with Crippen LogP contribution in [-0.4, -0.2) is 29.2 Å². The lowest BCUT2D eigenvalue weighted by Gasteiger charge is -2.28. The smallest absolute Gasteiger partial charge is 0.144 e. The lowest BCUT2D eigenvalue weighted by molar-refractivity contribution is -0.130. The number of aliphatic hydroxyl groups excluding tert-OH is 2. The van der Waals surface area contributed by atoms with Crippen molar-refractivity contribution in [2.75, 3.05) is 13.2 Å². The first-order valence-electron chi connectivity index (χ1n) is 6.00. The van der Waals surface area contributed by atoms with Crippen LogP contribution in [0.2, 0.25) is 0 Å². The van der Waals surface area contributed by atoms with Gasteiger partial charge in [-0.15, -0.1) is 0 Å². The Morgan fingerprint density at radius 2 is 1.93 bits per heavy atom. The second-order valence-electron chi connectivity index (χ2n) is 5.05. The summed E-state index contributed by atoms with van der Waals surface area (Å²) in [5.74, 6) is 0.440. The molecule has 0 aromatic carbocycles. The van der Waals surface area contributed by atoms with Gasteiger partial charge in [0.15, 0.2) is 0 Å². The SMILES string of the molecule is O=C1C(CO)C[C@H](CCO)C12CCCC2. The Morgan fingerprint density at radius 3 is 2.47 bits per heavy atom. The van der Waals surface area contributed by atoms with E-state index in [0.29, 0.717) is 5.92 Å². The number of rotatable bonds is 3. The van der Waals surface area contributed by atoms with Gasteiger partial charge < -0.3 is 10.2 Å². The zero-order chi connectivity index (χ0) is 10.9. The van der Waals surface area contributed by atoms with E-state index in [-0.39, 0.29) is 30.3 Å². The summed E-state index contributed by atoms with van der Waals surface area (Å²) < 4.78 is 0. The molecule has 86 valence electrons. The summed E-state index contributed by atoms with van der Waals surface area (Å²) in [5.41, 5.74) is -0.171. The fraction of sp³-hybridized carbons (Fsp3) is 0.917. The maximum atomic E-state index is 12.2. The zero-order valence-electron chi connectivity index (χ0n) is 9.11. The van der Waals surface area contributed by atoms with E-state index >= 15 is 0 Å². The molecule has 2 aliphatic rings. The second-order valence-corrected chi connectivity index (χ2v) is 5.05. The summed E-state index contributed by atoms with van der Waals surface area (Å²) in [5, 5.41) is 18.2. The topological polar surface area (TPSA) is 57.5 Å². The highest BCUT2D eigenvalue weighted by Crippen LogP contribution is 2.54. The fourth-order valence-electron chi connectivity index (χ4n) is 3.65. The molecule has 1 unspecified atom stereocenters. The highest BCUT2D eigenvalue weighted by Gasteiger charge is 2.54. The minimum Gasteiger partial charge on any atom is -0.396 e. The summed E-state index contributed by atoms with van der Waals surface area (Å²) in [6.07, 6.45) is 5.73. The summed E-state index contributed by atoms with van der Waals surface area (Å²) in [6.45, 7) is 0.153. The molecule has 2 N–H and O–H groups in total. The van der Waals surface area contributed by atoms with E-state index in [1.54, 1.807) is 0 Å². The number of hydrogen-bond donors (Lipinski definition) is 2. The Labute approximate surface area is 90.5 Å². The number of aliphatic hydroxyl groups is 2. The lowest BCUT2D eigenvalue weighted by atomic mass is 9.74. The highest BCUT2D eigenvalue weighted by atomic mass is 16.3. The van der Waals surface area contributed by atoms with Crippen LogP contribution in [0, 0.1) is 17.3 Å². The van der Waals surface area contributed by atoms with Crippen molar-refractivity contribution in [1.29, 1.82) is 0 Å². The van der Waals surface area contributed by atoms with Crippen LogP contribution in [0.5, 0.6) is 0 Å². The van der Waals surface area contributed by atoms with E-state index < -0.39 is 0 Å². The molecule has 0 saturated heterocycles. The molecule has 0 amide bonds. The second kappa shape index (κ2) is 4.22. The summed E-state index contributed by atoms with van der Waals surface area (Å²) in [6, 6.07) is 0. The first kappa shape index (κ1) is 11.1. The van der Waals surface area contributed by atoms with E-state index in [4.69, 9.17) is 5.11 Å². The third kappa shape index (κ3) is 1.62. The molecule has 0 bridgehead atoms. The molecule has 2 fully saturated rings. The van der Waals surface area contributed by atoms with Gasteiger partial charge >= 0.3 is 0 Å². The predicted octanol–water partition coefficient (Wildman–Crippen LogP) is 1.13. The van der Waals surface area contributed by atoms with Crippen LogP contribution in [0.25, 0.3) is 0 Å². The molecule has 0 radical (unpaired) electrons. The van der Waals surface area contributed by atoms with Gasteiger partial charge in [-0.2, -0.15) is 0 Å². The Bertz CT molecular complexity index is 243. The van der Waals surface area contributed by atoms with Gasteiger partial charge in [0.05, 0.1) is 6.61 Å². The van der Waals surface area contributed by atoms with Gasteiger partial charge in [0.2, 0.25) is 0 Å². The van der Waals surface area contributed by atoms with Gasteiger partial charge in [-0.1, -0.05) is 12.8 Å². The standard InChI is InChI=1S/C12H20O3/c13-6-3-10-7-9(8-14)11(15)12(10)4-1-2-5-12/h9-10,13-14H,1-8H2/t9?,10-/m0/s1. The summed E-state index contributed by atoms with van der Waals surface area (Å²) >= 11 is 0. The summed E-state index contributed by atoms with van der Waals surface area (Å²) in [4.78, 5) is 12.2. The molecule has 2 saturated carbocycles. The zero-order valence-corrected chi connectivity index (χ0v) is 9.11. The molecule has 0 aromatic heterocycles. The first-order valence-corrected chi connectivity index (χ1v) is 6.00. The molecule has 2 atom stereocenters. The van der Waals surface area contributed by atoms with Crippen molar-refractivity contribution in [3.63, 3.8) is 0 Å². The Morgan fingerprint density at radius 1 is 1.27 bits per heavy atom. The van der Waals surface area contributed by atoms with Gasteiger partial charge in [-0.25, -0.2) is 0 Å². The average Bonchev–Trinajstić information content (AvgIpc) is 2.81. The van der Waals surface area contributed by atoms with Crippen LogP contribution in [0.15, 0.2) is 0 Å². The molecular weight excluding hydrogens is 192 g/mol. The van der Waals surface area contributed by atoms with Gasteiger partial charge in [0.1, 0.15) is 5.78 Å². The highest BCUT2D eigenvalue weighted by molar-refractivity contribution is 5.90. The molecule has 15 heavy (non-hydrogen) atoms. The number of carbonyl (C=O) groups is 1. The molecule has 3 nitrogen and oxygen atoms in total. The Balaban J connectivity index is 2.19. The van der Waals surface area contributed by atoms with Crippen LogP contribution < -0.4 is 0 Å². The molecule has 2 rings (SSSR count).